The van der Waals surface area contributed by atoms with Gasteiger partial charge in [-0.1, -0.05) is 24.3 Å². The Labute approximate surface area is 94.2 Å². The van der Waals surface area contributed by atoms with E-state index in [-0.39, 0.29) is 5.82 Å². The van der Waals surface area contributed by atoms with E-state index in [0.29, 0.717) is 12.1 Å². The van der Waals surface area contributed by atoms with Crippen LogP contribution in [-0.2, 0) is 6.54 Å². The summed E-state index contributed by atoms with van der Waals surface area (Å²) in [5.41, 5.74) is 2.30. The number of hydrogen-bond donors (Lipinski definition) is 1. The molecular formula is C13H13FN2. The minimum atomic E-state index is -0.215. The lowest BCUT2D eigenvalue weighted by Gasteiger charge is -2.08. The molecule has 1 aromatic heterocycles. The third kappa shape index (κ3) is 2.09. The number of aromatic nitrogens is 1. The summed E-state index contributed by atoms with van der Waals surface area (Å²) in [5, 5.41) is 3.03. The predicted molar refractivity (Wildman–Crippen MR) is 62.4 cm³/mol. The highest BCUT2D eigenvalue weighted by Gasteiger charge is 2.08. The molecule has 2 nitrogen and oxygen atoms in total. The number of hydrogen-bond acceptors (Lipinski definition) is 2. The third-order valence-corrected chi connectivity index (χ3v) is 2.40. The van der Waals surface area contributed by atoms with Crippen LogP contribution in [0.25, 0.3) is 11.1 Å². The zero-order valence-corrected chi connectivity index (χ0v) is 9.07. The summed E-state index contributed by atoms with van der Waals surface area (Å²) in [7, 11) is 1.85. The molecule has 0 fully saturated rings. The van der Waals surface area contributed by atoms with Gasteiger partial charge in [-0.25, -0.2) is 4.39 Å². The normalized spacial score (nSPS) is 10.4. The number of nitrogens with one attached hydrogen (secondary N) is 1. The molecule has 0 atom stereocenters. The number of benzene rings is 1. The molecule has 1 aromatic carbocycles. The van der Waals surface area contributed by atoms with Gasteiger partial charge in [0.05, 0.1) is 5.69 Å². The Hall–Kier alpha value is -1.74. The van der Waals surface area contributed by atoms with Crippen molar-refractivity contribution in [3.63, 3.8) is 0 Å². The van der Waals surface area contributed by atoms with Gasteiger partial charge in [0.15, 0.2) is 0 Å². The molecule has 16 heavy (non-hydrogen) atoms. The van der Waals surface area contributed by atoms with Crippen molar-refractivity contribution in [3.8, 4) is 11.1 Å². The van der Waals surface area contributed by atoms with Crippen LogP contribution < -0.4 is 5.32 Å². The second-order valence-corrected chi connectivity index (χ2v) is 3.51. The smallest absolute Gasteiger partial charge is 0.131 e. The molecular weight excluding hydrogens is 203 g/mol. The molecule has 0 bridgehead atoms. The Bertz CT molecular complexity index is 483. The van der Waals surface area contributed by atoms with E-state index in [4.69, 9.17) is 0 Å². The summed E-state index contributed by atoms with van der Waals surface area (Å²) in [6.45, 7) is 0.629. The van der Waals surface area contributed by atoms with Crippen LogP contribution in [0.1, 0.15) is 5.69 Å². The molecule has 0 aliphatic carbocycles. The lowest BCUT2D eigenvalue weighted by atomic mass is 10.0. The van der Waals surface area contributed by atoms with Crippen LogP contribution in [0.2, 0.25) is 0 Å². The maximum absolute atomic E-state index is 13.6. The Morgan fingerprint density at radius 2 is 1.88 bits per heavy atom. The molecule has 0 radical (unpaired) electrons. The molecule has 3 heteroatoms. The van der Waals surface area contributed by atoms with Gasteiger partial charge in [0.1, 0.15) is 5.82 Å². The molecule has 0 aliphatic rings. The molecule has 0 amide bonds. The summed E-state index contributed by atoms with van der Waals surface area (Å²) in [6.07, 6.45) is 1.72. The minimum absolute atomic E-state index is 0.215. The van der Waals surface area contributed by atoms with Gasteiger partial charge < -0.3 is 5.32 Å². The summed E-state index contributed by atoms with van der Waals surface area (Å²) < 4.78 is 13.6. The quantitative estimate of drug-likeness (QED) is 0.853. The summed E-state index contributed by atoms with van der Waals surface area (Å²) in [4.78, 5) is 4.26. The lowest BCUT2D eigenvalue weighted by molar-refractivity contribution is 0.630. The third-order valence-electron chi connectivity index (χ3n) is 2.40. The Kier molecular flexibility index (Phi) is 3.27. The lowest BCUT2D eigenvalue weighted by Crippen LogP contribution is -2.08. The second kappa shape index (κ2) is 4.86. The van der Waals surface area contributed by atoms with Crippen LogP contribution in [0.15, 0.2) is 42.6 Å². The van der Waals surface area contributed by atoms with Crippen LogP contribution >= 0.6 is 0 Å². The van der Waals surface area contributed by atoms with Gasteiger partial charge in [0, 0.05) is 23.9 Å². The fraction of sp³-hybridized carbons (Fsp3) is 0.154. The van der Waals surface area contributed by atoms with Crippen LogP contribution in [0.3, 0.4) is 0 Å². The van der Waals surface area contributed by atoms with Gasteiger partial charge in [-0.05, 0) is 19.2 Å². The van der Waals surface area contributed by atoms with Gasteiger partial charge in [0.2, 0.25) is 0 Å². The average molecular weight is 216 g/mol. The van der Waals surface area contributed by atoms with Crippen molar-refractivity contribution < 1.29 is 4.39 Å². The van der Waals surface area contributed by atoms with E-state index in [9.17, 15) is 4.39 Å². The van der Waals surface area contributed by atoms with E-state index in [1.54, 1.807) is 18.3 Å². The van der Waals surface area contributed by atoms with Crippen molar-refractivity contribution in [2.24, 2.45) is 0 Å². The van der Waals surface area contributed by atoms with E-state index in [0.717, 1.165) is 11.3 Å². The molecule has 82 valence electrons. The van der Waals surface area contributed by atoms with Crippen LogP contribution in [0, 0.1) is 5.82 Å². The average Bonchev–Trinajstić information content (AvgIpc) is 2.31. The van der Waals surface area contributed by atoms with Crippen molar-refractivity contribution in [1.29, 1.82) is 0 Å². The fourth-order valence-electron chi connectivity index (χ4n) is 1.67. The topological polar surface area (TPSA) is 24.9 Å². The molecule has 0 aliphatic heterocycles. The molecule has 1 N–H and O–H groups in total. The molecule has 2 aromatic rings. The maximum atomic E-state index is 13.6. The molecule has 0 saturated carbocycles. The van der Waals surface area contributed by atoms with Gasteiger partial charge in [-0.15, -0.1) is 0 Å². The number of nitrogens with zero attached hydrogens (tertiary/aromatic N) is 1. The van der Waals surface area contributed by atoms with Gasteiger partial charge in [-0.3, -0.25) is 4.98 Å². The van der Waals surface area contributed by atoms with E-state index in [1.807, 2.05) is 25.2 Å². The Morgan fingerprint density at radius 1 is 1.12 bits per heavy atom. The van der Waals surface area contributed by atoms with E-state index in [2.05, 4.69) is 10.3 Å². The highest BCUT2D eigenvalue weighted by Crippen LogP contribution is 2.24. The zero-order chi connectivity index (χ0) is 11.4. The van der Waals surface area contributed by atoms with E-state index < -0.39 is 0 Å². The molecule has 2 rings (SSSR count). The molecule has 0 unspecified atom stereocenters. The first-order valence-corrected chi connectivity index (χ1v) is 5.16. The molecule has 0 spiro atoms. The second-order valence-electron chi connectivity index (χ2n) is 3.51. The molecule has 1 heterocycles. The summed E-state index contributed by atoms with van der Waals surface area (Å²) in [6, 6.07) is 10.5. The van der Waals surface area contributed by atoms with Crippen LogP contribution in [0.5, 0.6) is 0 Å². The van der Waals surface area contributed by atoms with Gasteiger partial charge in [0.25, 0.3) is 0 Å². The van der Waals surface area contributed by atoms with E-state index >= 15 is 0 Å². The predicted octanol–water partition coefficient (Wildman–Crippen LogP) is 2.61. The highest BCUT2D eigenvalue weighted by atomic mass is 19.1. The summed E-state index contributed by atoms with van der Waals surface area (Å²) >= 11 is 0. The van der Waals surface area contributed by atoms with Gasteiger partial charge in [-0.2, -0.15) is 0 Å². The van der Waals surface area contributed by atoms with E-state index in [1.165, 1.54) is 6.07 Å². The largest absolute Gasteiger partial charge is 0.314 e. The van der Waals surface area contributed by atoms with Crippen molar-refractivity contribution in [1.82, 2.24) is 10.3 Å². The Balaban J connectivity index is 2.51. The molecule has 0 saturated heterocycles. The summed E-state index contributed by atoms with van der Waals surface area (Å²) in [5.74, 6) is -0.215. The van der Waals surface area contributed by atoms with Crippen molar-refractivity contribution in [2.75, 3.05) is 7.05 Å². The van der Waals surface area contributed by atoms with Gasteiger partial charge >= 0.3 is 0 Å². The fourth-order valence-corrected chi connectivity index (χ4v) is 1.67. The first kappa shape index (κ1) is 10.8. The Morgan fingerprint density at radius 3 is 2.62 bits per heavy atom. The van der Waals surface area contributed by atoms with Crippen molar-refractivity contribution >= 4 is 0 Å². The van der Waals surface area contributed by atoms with Crippen LogP contribution in [-0.4, -0.2) is 12.0 Å². The van der Waals surface area contributed by atoms with Crippen molar-refractivity contribution in [3.05, 3.63) is 54.1 Å². The standard InChI is InChI=1S/C13H13FN2/c1-15-9-13-11(6-4-8-16-13)10-5-2-3-7-12(10)14/h2-8,15H,9H2,1H3. The number of pyridine rings is 1. The van der Waals surface area contributed by atoms with Crippen molar-refractivity contribution in [2.45, 2.75) is 6.54 Å². The number of halogens is 1. The number of rotatable bonds is 3. The zero-order valence-electron chi connectivity index (χ0n) is 9.07. The monoisotopic (exact) mass is 216 g/mol. The van der Waals surface area contributed by atoms with Crippen LogP contribution in [0.4, 0.5) is 4.39 Å². The first-order valence-electron chi connectivity index (χ1n) is 5.16. The maximum Gasteiger partial charge on any atom is 0.131 e. The SMILES string of the molecule is CNCc1ncccc1-c1ccccc1F. The first-order chi connectivity index (χ1) is 7.83. The minimum Gasteiger partial charge on any atom is -0.314 e. The highest BCUT2D eigenvalue weighted by molar-refractivity contribution is 5.66.